The first-order valence-corrected chi connectivity index (χ1v) is 6.54. The maximum Gasteiger partial charge on any atom is 0.0979 e. The molecule has 4 aliphatic rings. The van der Waals surface area contributed by atoms with Crippen molar-refractivity contribution in [3.8, 4) is 0 Å². The Hall–Kier alpha value is -0.300. The zero-order valence-electron chi connectivity index (χ0n) is 9.70. The van der Waals surface area contributed by atoms with Gasteiger partial charge in [0.1, 0.15) is 0 Å². The highest BCUT2D eigenvalue weighted by Gasteiger charge is 2.70. The molecule has 6 atom stereocenters. The van der Waals surface area contributed by atoms with E-state index in [1.165, 1.54) is 25.7 Å². The van der Waals surface area contributed by atoms with Gasteiger partial charge < -0.3 is 4.74 Å². The van der Waals surface area contributed by atoms with Gasteiger partial charge in [-0.1, -0.05) is 11.6 Å². The van der Waals surface area contributed by atoms with Crippen molar-refractivity contribution in [1.29, 1.82) is 0 Å². The number of ether oxygens (including phenoxy) is 1. The Labute approximate surface area is 91.9 Å². The van der Waals surface area contributed by atoms with Crippen LogP contribution in [0.4, 0.5) is 0 Å². The molecule has 1 aliphatic heterocycles. The molecular weight excluding hydrogens is 184 g/mol. The predicted molar refractivity (Wildman–Crippen MR) is 59.5 cm³/mol. The summed E-state index contributed by atoms with van der Waals surface area (Å²) in [5, 5.41) is 0. The maximum absolute atomic E-state index is 5.95. The van der Waals surface area contributed by atoms with Gasteiger partial charge in [0.15, 0.2) is 0 Å². The summed E-state index contributed by atoms with van der Waals surface area (Å²) in [7, 11) is 0. The summed E-state index contributed by atoms with van der Waals surface area (Å²) in [6.07, 6.45) is 8.64. The van der Waals surface area contributed by atoms with E-state index in [-0.39, 0.29) is 0 Å². The molecule has 2 bridgehead atoms. The molecule has 1 heterocycles. The van der Waals surface area contributed by atoms with Crippen LogP contribution in [0.5, 0.6) is 0 Å². The van der Waals surface area contributed by atoms with Gasteiger partial charge in [-0.2, -0.15) is 0 Å². The van der Waals surface area contributed by atoms with Gasteiger partial charge in [0.05, 0.1) is 11.7 Å². The molecule has 0 aromatic heterocycles. The molecule has 0 amide bonds. The predicted octanol–water partition coefficient (Wildman–Crippen LogP) is 3.16. The van der Waals surface area contributed by atoms with Crippen molar-refractivity contribution in [3.05, 3.63) is 11.6 Å². The molecule has 3 fully saturated rings. The van der Waals surface area contributed by atoms with Crippen LogP contribution >= 0.6 is 0 Å². The van der Waals surface area contributed by atoms with Gasteiger partial charge in [0.2, 0.25) is 0 Å². The minimum absolute atomic E-state index is 0.366. The minimum atomic E-state index is 0.366. The van der Waals surface area contributed by atoms with Crippen LogP contribution in [-0.4, -0.2) is 11.7 Å². The van der Waals surface area contributed by atoms with Crippen molar-refractivity contribution in [2.45, 2.75) is 51.2 Å². The molecule has 82 valence electrons. The molecule has 15 heavy (non-hydrogen) atoms. The topological polar surface area (TPSA) is 12.5 Å². The van der Waals surface area contributed by atoms with Crippen molar-refractivity contribution in [3.63, 3.8) is 0 Å². The number of hydrogen-bond acceptors (Lipinski definition) is 1. The van der Waals surface area contributed by atoms with Crippen LogP contribution in [0.2, 0.25) is 0 Å². The fraction of sp³-hybridized carbons (Fsp3) is 0.857. The van der Waals surface area contributed by atoms with E-state index in [0.717, 1.165) is 23.7 Å². The van der Waals surface area contributed by atoms with Crippen molar-refractivity contribution in [2.75, 3.05) is 0 Å². The Morgan fingerprint density at radius 2 is 2.20 bits per heavy atom. The molecule has 0 aromatic rings. The monoisotopic (exact) mass is 204 g/mol. The Bertz CT molecular complexity index is 345. The molecule has 1 spiro atoms. The van der Waals surface area contributed by atoms with Crippen LogP contribution in [0.1, 0.15) is 39.5 Å². The van der Waals surface area contributed by atoms with E-state index in [4.69, 9.17) is 4.74 Å². The highest BCUT2D eigenvalue weighted by Crippen LogP contribution is 2.68. The minimum Gasteiger partial charge on any atom is -0.366 e. The van der Waals surface area contributed by atoms with Crippen molar-refractivity contribution >= 4 is 0 Å². The Kier molecular flexibility index (Phi) is 1.47. The smallest absolute Gasteiger partial charge is 0.0979 e. The van der Waals surface area contributed by atoms with Crippen molar-refractivity contribution < 1.29 is 4.74 Å². The quantitative estimate of drug-likeness (QED) is 0.436. The summed E-state index contributed by atoms with van der Waals surface area (Å²) in [5.74, 6) is 3.89. The average Bonchev–Trinajstić information content (AvgIpc) is 2.61. The standard InChI is InChI=1S/C14H20O/c1-8-3-4-11-12(5-8)10-6-13(11)14(7-10)9(2)15-14/h3,9-13H,4-7H2,1-2H3/t9-,10-,11+,12+,13+,14-/m0/s1. The summed E-state index contributed by atoms with van der Waals surface area (Å²) in [6, 6.07) is 0. The van der Waals surface area contributed by atoms with Gasteiger partial charge in [0.25, 0.3) is 0 Å². The fourth-order valence-corrected chi connectivity index (χ4v) is 5.03. The molecule has 1 nitrogen and oxygen atoms in total. The molecule has 3 aliphatic carbocycles. The van der Waals surface area contributed by atoms with Crippen molar-refractivity contribution in [1.82, 2.24) is 0 Å². The zero-order chi connectivity index (χ0) is 10.2. The summed E-state index contributed by atoms with van der Waals surface area (Å²) < 4.78 is 5.95. The van der Waals surface area contributed by atoms with E-state index in [9.17, 15) is 0 Å². The molecule has 0 unspecified atom stereocenters. The number of epoxide rings is 1. The number of rotatable bonds is 0. The highest BCUT2D eigenvalue weighted by molar-refractivity contribution is 5.22. The van der Waals surface area contributed by atoms with Gasteiger partial charge >= 0.3 is 0 Å². The normalized spacial score (nSPS) is 60.7. The van der Waals surface area contributed by atoms with Gasteiger partial charge in [-0.15, -0.1) is 0 Å². The lowest BCUT2D eigenvalue weighted by atomic mass is 9.67. The summed E-state index contributed by atoms with van der Waals surface area (Å²) in [4.78, 5) is 0. The fourth-order valence-electron chi connectivity index (χ4n) is 5.03. The van der Waals surface area contributed by atoms with E-state index in [1.54, 1.807) is 5.57 Å². The average molecular weight is 204 g/mol. The lowest BCUT2D eigenvalue weighted by Crippen LogP contribution is -2.36. The van der Waals surface area contributed by atoms with E-state index in [1.807, 2.05) is 0 Å². The second kappa shape index (κ2) is 2.51. The molecule has 0 aromatic carbocycles. The zero-order valence-corrected chi connectivity index (χ0v) is 9.70. The van der Waals surface area contributed by atoms with Crippen LogP contribution in [-0.2, 0) is 4.74 Å². The molecule has 4 rings (SSSR count). The van der Waals surface area contributed by atoms with Crippen LogP contribution < -0.4 is 0 Å². The van der Waals surface area contributed by atoms with Crippen LogP contribution in [0.3, 0.4) is 0 Å². The van der Waals surface area contributed by atoms with E-state index >= 15 is 0 Å². The molecule has 0 N–H and O–H groups in total. The van der Waals surface area contributed by atoms with Gasteiger partial charge in [0, 0.05) is 0 Å². The maximum atomic E-state index is 5.95. The number of allylic oxidation sites excluding steroid dienone is 2. The van der Waals surface area contributed by atoms with Gasteiger partial charge in [-0.25, -0.2) is 0 Å². The van der Waals surface area contributed by atoms with Crippen LogP contribution in [0.15, 0.2) is 11.6 Å². The molecule has 0 radical (unpaired) electrons. The van der Waals surface area contributed by atoms with Gasteiger partial charge in [-0.3, -0.25) is 0 Å². The third-order valence-electron chi connectivity index (χ3n) is 5.76. The Morgan fingerprint density at radius 1 is 1.40 bits per heavy atom. The first-order chi connectivity index (χ1) is 7.21. The number of fused-ring (bicyclic) bond motifs is 6. The van der Waals surface area contributed by atoms with E-state index in [0.29, 0.717) is 11.7 Å². The Balaban J connectivity index is 1.67. The molecule has 2 saturated carbocycles. The first kappa shape index (κ1) is 8.81. The second-order valence-corrected chi connectivity index (χ2v) is 6.34. The number of hydrogen-bond donors (Lipinski definition) is 0. The lowest BCUT2D eigenvalue weighted by Gasteiger charge is -2.37. The van der Waals surface area contributed by atoms with Crippen LogP contribution in [0.25, 0.3) is 0 Å². The lowest BCUT2D eigenvalue weighted by molar-refractivity contribution is 0.114. The van der Waals surface area contributed by atoms with E-state index < -0.39 is 0 Å². The largest absolute Gasteiger partial charge is 0.366 e. The Morgan fingerprint density at radius 3 is 2.93 bits per heavy atom. The van der Waals surface area contributed by atoms with Crippen LogP contribution in [0, 0.1) is 23.7 Å². The third-order valence-corrected chi connectivity index (χ3v) is 5.76. The van der Waals surface area contributed by atoms with Gasteiger partial charge in [-0.05, 0) is 63.2 Å². The molecular formula is C14H20O. The summed E-state index contributed by atoms with van der Waals surface area (Å²) >= 11 is 0. The highest BCUT2D eigenvalue weighted by atomic mass is 16.6. The summed E-state index contributed by atoms with van der Waals surface area (Å²) in [5.41, 5.74) is 2.01. The third kappa shape index (κ3) is 0.939. The molecule has 1 heteroatoms. The SMILES string of the molecule is CC1=CC[C@@H]2[C@H](C1)[C@H]1C[C@H]2[C@@]2(C1)O[C@H]2C. The van der Waals surface area contributed by atoms with Crippen molar-refractivity contribution in [2.24, 2.45) is 23.7 Å². The first-order valence-electron chi connectivity index (χ1n) is 6.54. The van der Waals surface area contributed by atoms with E-state index in [2.05, 4.69) is 19.9 Å². The summed E-state index contributed by atoms with van der Waals surface area (Å²) in [6.45, 7) is 4.59. The molecule has 1 saturated heterocycles. The second-order valence-electron chi connectivity index (χ2n) is 6.34.